The van der Waals surface area contributed by atoms with Crippen LogP contribution in [0.1, 0.15) is 36.5 Å². The van der Waals surface area contributed by atoms with Gasteiger partial charge in [0.15, 0.2) is 0 Å². The van der Waals surface area contributed by atoms with E-state index in [9.17, 15) is 9.18 Å². The highest BCUT2D eigenvalue weighted by molar-refractivity contribution is 5.88. The predicted molar refractivity (Wildman–Crippen MR) is 59.2 cm³/mol. The molecule has 1 aliphatic rings. The van der Waals surface area contributed by atoms with Crippen LogP contribution in [0.5, 0.6) is 0 Å². The fourth-order valence-corrected chi connectivity index (χ4v) is 1.91. The Hall–Kier alpha value is -1.58. The molecular weight excluding hydrogens is 209 g/mol. The van der Waals surface area contributed by atoms with Gasteiger partial charge in [-0.2, -0.15) is 0 Å². The van der Waals surface area contributed by atoms with Gasteiger partial charge in [-0.05, 0) is 44.4 Å². The van der Waals surface area contributed by atoms with E-state index in [1.165, 1.54) is 12.1 Å². The van der Waals surface area contributed by atoms with Gasteiger partial charge in [0.2, 0.25) is 0 Å². The number of rotatable bonds is 3. The summed E-state index contributed by atoms with van der Waals surface area (Å²) < 4.78 is 13.6. The van der Waals surface area contributed by atoms with Crippen LogP contribution in [-0.2, 0) is 0 Å². The van der Waals surface area contributed by atoms with Crippen LogP contribution in [0, 0.1) is 5.82 Å². The lowest BCUT2D eigenvalue weighted by Gasteiger charge is -2.40. The zero-order chi connectivity index (χ0) is 11.8. The van der Waals surface area contributed by atoms with Crippen LogP contribution in [0.25, 0.3) is 0 Å². The Morgan fingerprint density at radius 2 is 2.19 bits per heavy atom. The SMILES string of the molecule is CC1(Nc2ccc(C(=O)O)cc2F)CCC1. The Kier molecular flexibility index (Phi) is 2.58. The number of anilines is 1. The minimum atomic E-state index is -1.11. The number of carboxylic acids is 1. The summed E-state index contributed by atoms with van der Waals surface area (Å²) in [6, 6.07) is 3.95. The van der Waals surface area contributed by atoms with E-state index in [0.717, 1.165) is 25.3 Å². The van der Waals surface area contributed by atoms with Crippen LogP contribution in [0.4, 0.5) is 10.1 Å². The summed E-state index contributed by atoms with van der Waals surface area (Å²) in [5, 5.41) is 11.8. The third-order valence-corrected chi connectivity index (χ3v) is 3.11. The molecule has 86 valence electrons. The maximum Gasteiger partial charge on any atom is 0.335 e. The predicted octanol–water partition coefficient (Wildman–Crippen LogP) is 2.88. The third-order valence-electron chi connectivity index (χ3n) is 3.11. The molecule has 16 heavy (non-hydrogen) atoms. The number of hydrogen-bond acceptors (Lipinski definition) is 2. The molecule has 0 aliphatic heterocycles. The van der Waals surface area contributed by atoms with E-state index >= 15 is 0 Å². The summed E-state index contributed by atoms with van der Waals surface area (Å²) in [6.45, 7) is 2.04. The smallest absolute Gasteiger partial charge is 0.335 e. The van der Waals surface area contributed by atoms with Gasteiger partial charge in [0.25, 0.3) is 0 Å². The fourth-order valence-electron chi connectivity index (χ4n) is 1.91. The maximum absolute atomic E-state index is 13.6. The van der Waals surface area contributed by atoms with Crippen molar-refractivity contribution < 1.29 is 14.3 Å². The number of hydrogen-bond donors (Lipinski definition) is 2. The molecule has 1 aliphatic carbocycles. The van der Waals surface area contributed by atoms with Gasteiger partial charge in [-0.1, -0.05) is 0 Å². The molecule has 0 aromatic heterocycles. The number of halogens is 1. The van der Waals surface area contributed by atoms with E-state index in [-0.39, 0.29) is 11.1 Å². The van der Waals surface area contributed by atoms with Crippen molar-refractivity contribution in [3.8, 4) is 0 Å². The summed E-state index contributed by atoms with van der Waals surface area (Å²) in [4.78, 5) is 10.6. The number of nitrogens with one attached hydrogen (secondary N) is 1. The third kappa shape index (κ3) is 2.01. The molecule has 2 N–H and O–H groups in total. The van der Waals surface area contributed by atoms with Crippen molar-refractivity contribution in [2.75, 3.05) is 5.32 Å². The summed E-state index contributed by atoms with van der Waals surface area (Å²) in [6.07, 6.45) is 3.19. The molecule has 1 aromatic carbocycles. The Morgan fingerprint density at radius 1 is 1.50 bits per heavy atom. The quantitative estimate of drug-likeness (QED) is 0.828. The standard InChI is InChI=1S/C12H14FNO2/c1-12(5-2-6-12)14-10-4-3-8(11(15)16)7-9(10)13/h3-4,7,14H,2,5-6H2,1H3,(H,15,16). The highest BCUT2D eigenvalue weighted by Gasteiger charge is 2.32. The molecule has 0 bridgehead atoms. The molecule has 2 rings (SSSR count). The molecular formula is C12H14FNO2. The number of benzene rings is 1. The van der Waals surface area contributed by atoms with Gasteiger partial charge in [0.05, 0.1) is 11.3 Å². The molecule has 0 radical (unpaired) electrons. The van der Waals surface area contributed by atoms with Crippen molar-refractivity contribution in [3.63, 3.8) is 0 Å². The van der Waals surface area contributed by atoms with Gasteiger partial charge in [-0.15, -0.1) is 0 Å². The first kappa shape index (κ1) is 10.9. The minimum absolute atomic E-state index is 0.0261. The van der Waals surface area contributed by atoms with Crippen molar-refractivity contribution in [1.29, 1.82) is 0 Å². The second kappa shape index (κ2) is 3.77. The Balaban J connectivity index is 2.19. The van der Waals surface area contributed by atoms with E-state index in [4.69, 9.17) is 5.11 Å². The average molecular weight is 223 g/mol. The van der Waals surface area contributed by atoms with Crippen molar-refractivity contribution in [3.05, 3.63) is 29.6 Å². The van der Waals surface area contributed by atoms with Crippen molar-refractivity contribution >= 4 is 11.7 Å². The topological polar surface area (TPSA) is 49.3 Å². The molecule has 1 aromatic rings. The van der Waals surface area contributed by atoms with E-state index in [0.29, 0.717) is 5.69 Å². The Bertz CT molecular complexity index is 427. The average Bonchev–Trinajstić information content (AvgIpc) is 2.18. The molecule has 4 heteroatoms. The zero-order valence-corrected chi connectivity index (χ0v) is 9.09. The molecule has 0 saturated heterocycles. The van der Waals surface area contributed by atoms with Gasteiger partial charge < -0.3 is 10.4 Å². The van der Waals surface area contributed by atoms with Gasteiger partial charge in [-0.25, -0.2) is 9.18 Å². The lowest BCUT2D eigenvalue weighted by molar-refractivity contribution is 0.0696. The molecule has 0 amide bonds. The molecule has 0 atom stereocenters. The summed E-state index contributed by atoms with van der Waals surface area (Å²) in [5.74, 6) is -1.62. The largest absolute Gasteiger partial charge is 0.478 e. The van der Waals surface area contributed by atoms with Gasteiger partial charge in [0.1, 0.15) is 5.82 Å². The first-order valence-electron chi connectivity index (χ1n) is 5.31. The van der Waals surface area contributed by atoms with Crippen LogP contribution in [0.15, 0.2) is 18.2 Å². The van der Waals surface area contributed by atoms with Crippen LogP contribution in [0.2, 0.25) is 0 Å². The van der Waals surface area contributed by atoms with Gasteiger partial charge in [0, 0.05) is 5.54 Å². The normalized spacial score (nSPS) is 17.6. The minimum Gasteiger partial charge on any atom is -0.478 e. The highest BCUT2D eigenvalue weighted by atomic mass is 19.1. The van der Waals surface area contributed by atoms with E-state index in [1.54, 1.807) is 0 Å². The first-order valence-corrected chi connectivity index (χ1v) is 5.31. The van der Waals surface area contributed by atoms with Crippen molar-refractivity contribution in [1.82, 2.24) is 0 Å². The van der Waals surface area contributed by atoms with Crippen LogP contribution < -0.4 is 5.32 Å². The monoisotopic (exact) mass is 223 g/mol. The summed E-state index contributed by atoms with van der Waals surface area (Å²) in [7, 11) is 0. The molecule has 1 fully saturated rings. The highest BCUT2D eigenvalue weighted by Crippen LogP contribution is 2.35. The second-order valence-electron chi connectivity index (χ2n) is 4.54. The van der Waals surface area contributed by atoms with E-state index < -0.39 is 11.8 Å². The van der Waals surface area contributed by atoms with Gasteiger partial charge in [-0.3, -0.25) is 0 Å². The lowest BCUT2D eigenvalue weighted by Crippen LogP contribution is -2.41. The fraction of sp³-hybridized carbons (Fsp3) is 0.417. The van der Waals surface area contributed by atoms with Gasteiger partial charge >= 0.3 is 5.97 Å². The molecule has 3 nitrogen and oxygen atoms in total. The number of aromatic carboxylic acids is 1. The van der Waals surface area contributed by atoms with Crippen molar-refractivity contribution in [2.45, 2.75) is 31.7 Å². The van der Waals surface area contributed by atoms with Crippen molar-refractivity contribution in [2.24, 2.45) is 0 Å². The molecule has 1 saturated carbocycles. The zero-order valence-electron chi connectivity index (χ0n) is 9.09. The van der Waals surface area contributed by atoms with E-state index in [2.05, 4.69) is 5.32 Å². The number of carboxylic acid groups (broad SMARTS) is 1. The van der Waals surface area contributed by atoms with Crippen LogP contribution >= 0.6 is 0 Å². The van der Waals surface area contributed by atoms with Crippen LogP contribution in [-0.4, -0.2) is 16.6 Å². The van der Waals surface area contributed by atoms with E-state index in [1.807, 2.05) is 6.92 Å². The second-order valence-corrected chi connectivity index (χ2v) is 4.54. The summed E-state index contributed by atoms with van der Waals surface area (Å²) >= 11 is 0. The number of carbonyl (C=O) groups is 1. The lowest BCUT2D eigenvalue weighted by atomic mass is 9.78. The molecule has 0 heterocycles. The summed E-state index contributed by atoms with van der Waals surface area (Å²) in [5.41, 5.74) is 0.319. The molecule has 0 spiro atoms. The first-order chi connectivity index (χ1) is 7.50. The maximum atomic E-state index is 13.6. The Morgan fingerprint density at radius 3 is 2.62 bits per heavy atom. The van der Waals surface area contributed by atoms with Crippen LogP contribution in [0.3, 0.4) is 0 Å². The Labute approximate surface area is 93.3 Å². The molecule has 0 unspecified atom stereocenters.